The van der Waals surface area contributed by atoms with E-state index in [0.717, 1.165) is 11.5 Å². The van der Waals surface area contributed by atoms with E-state index in [1.807, 2.05) is 30.1 Å². The molecule has 2 aromatic heterocycles. The Kier molecular flexibility index (Phi) is 4.65. The van der Waals surface area contributed by atoms with Gasteiger partial charge in [0, 0.05) is 26.4 Å². The quantitative estimate of drug-likeness (QED) is 0.786. The molecular weight excluding hydrogens is 264 g/mol. The van der Waals surface area contributed by atoms with Crippen molar-refractivity contribution in [1.29, 1.82) is 0 Å². The number of rotatable bonds is 5. The summed E-state index contributed by atoms with van der Waals surface area (Å²) >= 11 is 5.98. The van der Waals surface area contributed by atoms with Gasteiger partial charge in [-0.25, -0.2) is 9.97 Å². The Morgan fingerprint density at radius 2 is 2.16 bits per heavy atom. The molecule has 2 heterocycles. The van der Waals surface area contributed by atoms with E-state index in [9.17, 15) is 0 Å². The van der Waals surface area contributed by atoms with Crippen LogP contribution in [0.2, 0.25) is 5.15 Å². The number of hydrogen-bond donors (Lipinski definition) is 0. The number of aromatic nitrogens is 3. The zero-order valence-corrected chi connectivity index (χ0v) is 11.6. The van der Waals surface area contributed by atoms with Crippen molar-refractivity contribution in [2.24, 2.45) is 0 Å². The Morgan fingerprint density at radius 1 is 1.32 bits per heavy atom. The van der Waals surface area contributed by atoms with Crippen molar-refractivity contribution in [1.82, 2.24) is 15.0 Å². The number of halogens is 1. The molecule has 0 N–H and O–H groups in total. The first-order valence-corrected chi connectivity index (χ1v) is 6.20. The van der Waals surface area contributed by atoms with Gasteiger partial charge in [0.2, 0.25) is 0 Å². The van der Waals surface area contributed by atoms with E-state index in [0.29, 0.717) is 24.1 Å². The molecule has 0 aliphatic carbocycles. The third-order valence-electron chi connectivity index (χ3n) is 2.52. The van der Waals surface area contributed by atoms with Gasteiger partial charge in [-0.3, -0.25) is 4.98 Å². The van der Waals surface area contributed by atoms with Crippen LogP contribution in [-0.2, 0) is 17.9 Å². The van der Waals surface area contributed by atoms with Crippen LogP contribution >= 0.6 is 11.6 Å². The number of ether oxygens (including phenoxy) is 1. The van der Waals surface area contributed by atoms with Crippen LogP contribution in [0.25, 0.3) is 0 Å². The molecule has 0 unspecified atom stereocenters. The van der Waals surface area contributed by atoms with Crippen LogP contribution in [0.4, 0.5) is 5.82 Å². The molecule has 0 fully saturated rings. The van der Waals surface area contributed by atoms with E-state index < -0.39 is 0 Å². The molecule has 0 aromatic carbocycles. The largest absolute Gasteiger partial charge is 0.377 e. The van der Waals surface area contributed by atoms with Crippen LogP contribution in [0, 0.1) is 0 Å². The van der Waals surface area contributed by atoms with Gasteiger partial charge in [0.05, 0.1) is 12.2 Å². The summed E-state index contributed by atoms with van der Waals surface area (Å²) in [5.74, 6) is 1.32. The third-order valence-corrected chi connectivity index (χ3v) is 2.71. The van der Waals surface area contributed by atoms with Crippen LogP contribution in [0.1, 0.15) is 11.5 Å². The predicted octanol–water partition coefficient (Wildman–Crippen LogP) is 2.31. The average Bonchev–Trinajstić information content (AvgIpc) is 2.39. The second-order valence-electron chi connectivity index (χ2n) is 4.08. The van der Waals surface area contributed by atoms with Crippen molar-refractivity contribution in [2.45, 2.75) is 13.2 Å². The summed E-state index contributed by atoms with van der Waals surface area (Å²) in [6.07, 6.45) is 1.77. The molecule has 5 nitrogen and oxygen atoms in total. The van der Waals surface area contributed by atoms with Crippen LogP contribution in [0.5, 0.6) is 0 Å². The van der Waals surface area contributed by atoms with Gasteiger partial charge in [0.25, 0.3) is 0 Å². The SMILES string of the molecule is COCc1nc(Cl)cc(N(C)Cc2ccccn2)n1. The maximum absolute atomic E-state index is 5.98. The van der Waals surface area contributed by atoms with E-state index >= 15 is 0 Å². The number of pyridine rings is 1. The molecule has 0 saturated heterocycles. The Hall–Kier alpha value is -1.72. The van der Waals surface area contributed by atoms with Gasteiger partial charge in [-0.15, -0.1) is 0 Å². The highest BCUT2D eigenvalue weighted by atomic mass is 35.5. The Balaban J connectivity index is 2.16. The summed E-state index contributed by atoms with van der Waals surface area (Å²) in [4.78, 5) is 14.7. The van der Waals surface area contributed by atoms with Crippen LogP contribution in [-0.4, -0.2) is 29.1 Å². The minimum atomic E-state index is 0.338. The van der Waals surface area contributed by atoms with Crippen LogP contribution in [0.3, 0.4) is 0 Å². The number of nitrogens with zero attached hydrogens (tertiary/aromatic N) is 4. The van der Waals surface area contributed by atoms with Gasteiger partial charge >= 0.3 is 0 Å². The fraction of sp³-hybridized carbons (Fsp3) is 0.308. The van der Waals surface area contributed by atoms with E-state index in [1.165, 1.54) is 0 Å². The fourth-order valence-corrected chi connectivity index (χ4v) is 1.85. The molecule has 0 aliphatic heterocycles. The summed E-state index contributed by atoms with van der Waals surface area (Å²) in [5.41, 5.74) is 0.966. The lowest BCUT2D eigenvalue weighted by Gasteiger charge is -2.18. The van der Waals surface area contributed by atoms with Crippen LogP contribution < -0.4 is 4.90 Å². The minimum Gasteiger partial charge on any atom is -0.377 e. The zero-order valence-electron chi connectivity index (χ0n) is 10.9. The van der Waals surface area contributed by atoms with Crippen molar-refractivity contribution >= 4 is 17.4 Å². The molecule has 19 heavy (non-hydrogen) atoms. The van der Waals surface area contributed by atoms with Crippen molar-refractivity contribution in [3.05, 3.63) is 47.1 Å². The van der Waals surface area contributed by atoms with Gasteiger partial charge in [0.15, 0.2) is 5.82 Å². The number of methoxy groups -OCH3 is 1. The first kappa shape index (κ1) is 13.7. The van der Waals surface area contributed by atoms with Gasteiger partial charge in [-0.1, -0.05) is 17.7 Å². The lowest BCUT2D eigenvalue weighted by atomic mass is 10.3. The zero-order chi connectivity index (χ0) is 13.7. The molecule has 0 saturated carbocycles. The molecular formula is C13H15ClN4O. The Morgan fingerprint density at radius 3 is 2.84 bits per heavy atom. The summed E-state index contributed by atoms with van der Waals surface area (Å²) in [5, 5.41) is 0.407. The molecule has 0 bridgehead atoms. The summed E-state index contributed by atoms with van der Waals surface area (Å²) < 4.78 is 5.02. The maximum Gasteiger partial charge on any atom is 0.158 e. The minimum absolute atomic E-state index is 0.338. The molecule has 0 aliphatic rings. The topological polar surface area (TPSA) is 51.1 Å². The molecule has 0 spiro atoms. The van der Waals surface area contributed by atoms with E-state index in [1.54, 1.807) is 19.4 Å². The fourth-order valence-electron chi connectivity index (χ4n) is 1.66. The molecule has 0 radical (unpaired) electrons. The average molecular weight is 279 g/mol. The molecule has 2 rings (SSSR count). The van der Waals surface area contributed by atoms with Crippen molar-refractivity contribution in [2.75, 3.05) is 19.1 Å². The van der Waals surface area contributed by atoms with Gasteiger partial charge in [-0.2, -0.15) is 0 Å². The first-order chi connectivity index (χ1) is 9.19. The Bertz CT molecular complexity index is 535. The molecule has 2 aromatic rings. The highest BCUT2D eigenvalue weighted by Crippen LogP contribution is 2.16. The highest BCUT2D eigenvalue weighted by Gasteiger charge is 2.08. The Labute approximate surface area is 117 Å². The lowest BCUT2D eigenvalue weighted by molar-refractivity contribution is 0.178. The molecule has 6 heteroatoms. The van der Waals surface area contributed by atoms with E-state index in [-0.39, 0.29) is 0 Å². The summed E-state index contributed by atoms with van der Waals surface area (Å²) in [7, 11) is 3.53. The van der Waals surface area contributed by atoms with Crippen molar-refractivity contribution in [3.63, 3.8) is 0 Å². The maximum atomic E-state index is 5.98. The number of hydrogen-bond acceptors (Lipinski definition) is 5. The first-order valence-electron chi connectivity index (χ1n) is 5.82. The highest BCUT2D eigenvalue weighted by molar-refractivity contribution is 6.29. The summed E-state index contributed by atoms with van der Waals surface area (Å²) in [6, 6.07) is 7.54. The second-order valence-corrected chi connectivity index (χ2v) is 4.46. The van der Waals surface area contributed by atoms with Gasteiger partial charge in [-0.05, 0) is 12.1 Å². The lowest BCUT2D eigenvalue weighted by Crippen LogP contribution is -2.19. The standard InChI is InChI=1S/C13H15ClN4O/c1-18(8-10-5-3-4-6-15-10)13-7-11(14)16-12(17-13)9-19-2/h3-7H,8-9H2,1-2H3. The normalized spacial score (nSPS) is 10.5. The second kappa shape index (κ2) is 6.45. The van der Waals surface area contributed by atoms with Crippen molar-refractivity contribution in [3.8, 4) is 0 Å². The van der Waals surface area contributed by atoms with E-state index in [2.05, 4.69) is 15.0 Å². The predicted molar refractivity (Wildman–Crippen MR) is 74.1 cm³/mol. The smallest absolute Gasteiger partial charge is 0.158 e. The van der Waals surface area contributed by atoms with Crippen LogP contribution in [0.15, 0.2) is 30.5 Å². The monoisotopic (exact) mass is 278 g/mol. The van der Waals surface area contributed by atoms with E-state index in [4.69, 9.17) is 16.3 Å². The molecule has 0 amide bonds. The molecule has 0 atom stereocenters. The van der Waals surface area contributed by atoms with Gasteiger partial charge in [0.1, 0.15) is 17.6 Å². The van der Waals surface area contributed by atoms with Crippen molar-refractivity contribution < 1.29 is 4.74 Å². The third kappa shape index (κ3) is 3.87. The summed E-state index contributed by atoms with van der Waals surface area (Å²) in [6.45, 7) is 0.992. The number of anilines is 1. The van der Waals surface area contributed by atoms with Gasteiger partial charge < -0.3 is 9.64 Å². The molecule has 100 valence electrons.